The third-order valence-corrected chi connectivity index (χ3v) is 2.13. The molecule has 0 saturated heterocycles. The summed E-state index contributed by atoms with van der Waals surface area (Å²) in [6.45, 7) is 0. The zero-order valence-electron chi connectivity index (χ0n) is 8.17. The number of hydrazone groups is 1. The van der Waals surface area contributed by atoms with E-state index in [1.807, 2.05) is 42.5 Å². The Labute approximate surface area is 88.3 Å². The van der Waals surface area contributed by atoms with Gasteiger partial charge >= 0.3 is 0 Å². The van der Waals surface area contributed by atoms with Crippen LogP contribution in [-0.2, 0) is 0 Å². The molecule has 2 aromatic rings. The second-order valence-corrected chi connectivity index (χ2v) is 3.08. The first-order valence-electron chi connectivity index (χ1n) is 4.65. The maximum absolute atomic E-state index is 5.40. The van der Waals surface area contributed by atoms with Gasteiger partial charge in [-0.15, -0.1) is 0 Å². The predicted octanol–water partition coefficient (Wildman–Crippen LogP) is 1.79. The van der Waals surface area contributed by atoms with Crippen LogP contribution < -0.4 is 5.84 Å². The largest absolute Gasteiger partial charge is 0.323 e. The molecule has 2 rings (SSSR count). The van der Waals surface area contributed by atoms with Crippen LogP contribution in [0.5, 0.6) is 0 Å². The minimum atomic E-state index is 0.776. The van der Waals surface area contributed by atoms with Crippen molar-refractivity contribution in [3.63, 3.8) is 0 Å². The molecule has 0 fully saturated rings. The van der Waals surface area contributed by atoms with Crippen molar-refractivity contribution in [1.82, 2.24) is 4.98 Å². The molecular weight excluding hydrogens is 186 g/mol. The van der Waals surface area contributed by atoms with Crippen molar-refractivity contribution in [2.75, 3.05) is 0 Å². The number of pyridine rings is 1. The summed E-state index contributed by atoms with van der Waals surface area (Å²) in [4.78, 5) is 3.96. The number of hydrogen-bond donors (Lipinski definition) is 1. The lowest BCUT2D eigenvalue weighted by Crippen LogP contribution is -2.06. The zero-order valence-corrected chi connectivity index (χ0v) is 8.17. The molecule has 74 valence electrons. The van der Waals surface area contributed by atoms with Gasteiger partial charge in [-0.2, -0.15) is 5.10 Å². The monoisotopic (exact) mass is 197 g/mol. The fourth-order valence-corrected chi connectivity index (χ4v) is 1.42. The first-order chi connectivity index (χ1) is 7.42. The average Bonchev–Trinajstić information content (AvgIpc) is 2.33. The fraction of sp³-hybridized carbons (Fsp3) is 0. The first kappa shape index (κ1) is 9.40. The summed E-state index contributed by atoms with van der Waals surface area (Å²) in [5.41, 5.74) is 2.75. The molecule has 0 unspecified atom stereocenters. The smallest absolute Gasteiger partial charge is 0.0972 e. The molecule has 3 nitrogen and oxygen atoms in total. The Morgan fingerprint density at radius 2 is 1.53 bits per heavy atom. The molecule has 0 spiro atoms. The molecule has 0 saturated carbocycles. The first-order valence-corrected chi connectivity index (χ1v) is 4.65. The number of rotatable bonds is 2. The van der Waals surface area contributed by atoms with Gasteiger partial charge in [0.25, 0.3) is 0 Å². The van der Waals surface area contributed by atoms with E-state index in [1.165, 1.54) is 0 Å². The SMILES string of the molecule is N/N=C(\c1ccccc1)c1ccncc1. The van der Waals surface area contributed by atoms with E-state index >= 15 is 0 Å². The van der Waals surface area contributed by atoms with Crippen molar-refractivity contribution < 1.29 is 0 Å². The highest BCUT2D eigenvalue weighted by Gasteiger charge is 2.04. The Morgan fingerprint density at radius 1 is 0.933 bits per heavy atom. The van der Waals surface area contributed by atoms with Gasteiger partial charge in [0.2, 0.25) is 0 Å². The van der Waals surface area contributed by atoms with Gasteiger partial charge in [-0.25, -0.2) is 0 Å². The highest BCUT2D eigenvalue weighted by Crippen LogP contribution is 2.08. The van der Waals surface area contributed by atoms with Gasteiger partial charge in [0.1, 0.15) is 0 Å². The van der Waals surface area contributed by atoms with Crippen molar-refractivity contribution >= 4 is 5.71 Å². The lowest BCUT2D eigenvalue weighted by molar-refractivity contribution is 1.23. The maximum Gasteiger partial charge on any atom is 0.0972 e. The Morgan fingerprint density at radius 3 is 2.13 bits per heavy atom. The van der Waals surface area contributed by atoms with Crippen LogP contribution in [0.15, 0.2) is 60.0 Å². The summed E-state index contributed by atoms with van der Waals surface area (Å²) in [5, 5.41) is 3.82. The summed E-state index contributed by atoms with van der Waals surface area (Å²) in [7, 11) is 0. The summed E-state index contributed by atoms with van der Waals surface area (Å²) in [5.74, 6) is 5.40. The lowest BCUT2D eigenvalue weighted by Gasteiger charge is -2.04. The average molecular weight is 197 g/mol. The van der Waals surface area contributed by atoms with Gasteiger partial charge in [0.15, 0.2) is 0 Å². The molecule has 3 heteroatoms. The van der Waals surface area contributed by atoms with Gasteiger partial charge in [0.05, 0.1) is 5.71 Å². The van der Waals surface area contributed by atoms with Crippen LogP contribution in [0.3, 0.4) is 0 Å². The van der Waals surface area contributed by atoms with E-state index in [0.29, 0.717) is 0 Å². The Bertz CT molecular complexity index is 407. The minimum Gasteiger partial charge on any atom is -0.323 e. The fourth-order valence-electron chi connectivity index (χ4n) is 1.42. The van der Waals surface area contributed by atoms with E-state index in [9.17, 15) is 0 Å². The van der Waals surface area contributed by atoms with Crippen LogP contribution in [0.1, 0.15) is 11.1 Å². The van der Waals surface area contributed by atoms with E-state index in [2.05, 4.69) is 10.1 Å². The quantitative estimate of drug-likeness (QED) is 0.453. The molecule has 0 aliphatic heterocycles. The molecule has 0 radical (unpaired) electrons. The third kappa shape index (κ3) is 2.02. The number of nitrogens with zero attached hydrogens (tertiary/aromatic N) is 2. The number of hydrogen-bond acceptors (Lipinski definition) is 3. The number of aromatic nitrogens is 1. The summed E-state index contributed by atoms with van der Waals surface area (Å²) < 4.78 is 0. The molecule has 2 N–H and O–H groups in total. The molecule has 1 heterocycles. The van der Waals surface area contributed by atoms with Crippen molar-refractivity contribution in [2.45, 2.75) is 0 Å². The highest BCUT2D eigenvalue weighted by atomic mass is 15.1. The number of benzene rings is 1. The predicted molar refractivity (Wildman–Crippen MR) is 60.5 cm³/mol. The van der Waals surface area contributed by atoms with E-state index in [0.717, 1.165) is 16.8 Å². The van der Waals surface area contributed by atoms with Gasteiger partial charge in [0, 0.05) is 23.5 Å². The van der Waals surface area contributed by atoms with E-state index in [4.69, 9.17) is 5.84 Å². The van der Waals surface area contributed by atoms with Crippen molar-refractivity contribution in [3.8, 4) is 0 Å². The summed E-state index contributed by atoms with van der Waals surface area (Å²) in [6.07, 6.45) is 3.45. The van der Waals surface area contributed by atoms with E-state index < -0.39 is 0 Å². The minimum absolute atomic E-state index is 0.776. The molecule has 0 atom stereocenters. The molecule has 0 aliphatic carbocycles. The Hall–Kier alpha value is -2.16. The zero-order chi connectivity index (χ0) is 10.5. The molecule has 0 amide bonds. The molecule has 0 aliphatic rings. The van der Waals surface area contributed by atoms with Gasteiger partial charge in [-0.1, -0.05) is 30.3 Å². The summed E-state index contributed by atoms with van der Waals surface area (Å²) >= 11 is 0. The summed E-state index contributed by atoms with van der Waals surface area (Å²) in [6, 6.07) is 13.6. The van der Waals surface area contributed by atoms with Gasteiger partial charge in [-0.3, -0.25) is 4.98 Å². The molecule has 15 heavy (non-hydrogen) atoms. The van der Waals surface area contributed by atoms with Crippen LogP contribution in [0.2, 0.25) is 0 Å². The van der Waals surface area contributed by atoms with Crippen LogP contribution in [0.25, 0.3) is 0 Å². The Balaban J connectivity index is 2.44. The molecular formula is C12H11N3. The molecule has 0 bridgehead atoms. The topological polar surface area (TPSA) is 51.3 Å². The third-order valence-electron chi connectivity index (χ3n) is 2.13. The van der Waals surface area contributed by atoms with Crippen molar-refractivity contribution in [3.05, 3.63) is 66.0 Å². The second-order valence-electron chi connectivity index (χ2n) is 3.08. The highest BCUT2D eigenvalue weighted by molar-refractivity contribution is 6.12. The van der Waals surface area contributed by atoms with Crippen LogP contribution >= 0.6 is 0 Å². The van der Waals surface area contributed by atoms with E-state index in [-0.39, 0.29) is 0 Å². The van der Waals surface area contributed by atoms with Crippen LogP contribution in [0, 0.1) is 0 Å². The normalized spacial score (nSPS) is 11.3. The number of nitrogens with two attached hydrogens (primary N) is 1. The lowest BCUT2D eigenvalue weighted by atomic mass is 10.0. The van der Waals surface area contributed by atoms with Crippen LogP contribution in [-0.4, -0.2) is 10.7 Å². The van der Waals surface area contributed by atoms with Crippen LogP contribution in [0.4, 0.5) is 0 Å². The van der Waals surface area contributed by atoms with Gasteiger partial charge in [-0.05, 0) is 12.1 Å². The molecule has 1 aromatic heterocycles. The van der Waals surface area contributed by atoms with E-state index in [1.54, 1.807) is 12.4 Å². The molecule has 1 aromatic carbocycles. The van der Waals surface area contributed by atoms with Crippen molar-refractivity contribution in [2.24, 2.45) is 10.9 Å². The Kier molecular flexibility index (Phi) is 2.74. The maximum atomic E-state index is 5.40. The van der Waals surface area contributed by atoms with Crippen molar-refractivity contribution in [1.29, 1.82) is 0 Å². The standard InChI is InChI=1S/C12H11N3/c13-15-12(10-4-2-1-3-5-10)11-6-8-14-9-7-11/h1-9H,13H2/b15-12+. The second kappa shape index (κ2) is 4.37. The van der Waals surface area contributed by atoms with Gasteiger partial charge < -0.3 is 5.84 Å².